The third-order valence-corrected chi connectivity index (χ3v) is 3.27. The van der Waals surface area contributed by atoms with Crippen molar-refractivity contribution in [1.29, 1.82) is 1.12 Å². The van der Waals surface area contributed by atoms with E-state index in [1.165, 1.54) is 17.5 Å². The predicted octanol–water partition coefficient (Wildman–Crippen LogP) is 2.70. The van der Waals surface area contributed by atoms with Crippen LogP contribution in [0.4, 0.5) is 0 Å². The summed E-state index contributed by atoms with van der Waals surface area (Å²) in [4.78, 5) is 0. The maximum absolute atomic E-state index is 8.49. The van der Waals surface area contributed by atoms with Crippen molar-refractivity contribution in [1.82, 2.24) is 0 Å². The van der Waals surface area contributed by atoms with Gasteiger partial charge in [0.1, 0.15) is 1.12 Å². The Kier molecular flexibility index (Phi) is 10.0. The molecular formula is C6H14O2S3. The minimum Gasteiger partial charge on any atom is -0.396 e. The van der Waals surface area contributed by atoms with Gasteiger partial charge in [-0.1, -0.05) is 23.6 Å². The van der Waals surface area contributed by atoms with Crippen LogP contribution in [-0.2, 0) is 3.63 Å². The first-order valence-corrected chi connectivity index (χ1v) is 6.18. The van der Waals surface area contributed by atoms with Crippen LogP contribution >= 0.6 is 34.7 Å². The highest BCUT2D eigenvalue weighted by Crippen LogP contribution is 2.24. The Labute approximate surface area is 82.8 Å². The maximum Gasteiger partial charge on any atom is 0.136 e. The summed E-state index contributed by atoms with van der Waals surface area (Å²) in [6.45, 7) is 0.306. The number of hydrogen-bond donors (Lipinski definition) is 2. The first kappa shape index (κ1) is 10.1. The van der Waals surface area contributed by atoms with Gasteiger partial charge in [0.2, 0.25) is 0 Å². The van der Waals surface area contributed by atoms with Crippen LogP contribution in [0.1, 0.15) is 25.7 Å². The molecule has 5 heteroatoms. The lowest BCUT2D eigenvalue weighted by molar-refractivity contribution is 0.283. The van der Waals surface area contributed by atoms with Gasteiger partial charge in [-0.2, -0.15) is 0 Å². The Morgan fingerprint density at radius 1 is 1.36 bits per heavy atom. The third-order valence-electron chi connectivity index (χ3n) is 1.21. The molecule has 0 bridgehead atoms. The van der Waals surface area contributed by atoms with Gasteiger partial charge in [0.15, 0.2) is 0 Å². The molecule has 0 heterocycles. The standard InChI is InChI=1S/C6H14O2S3/c7-5-3-1-2-4-6-10-11-8-9/h7,9H,1-6H2/i/hT. The van der Waals surface area contributed by atoms with Crippen molar-refractivity contribution in [2.45, 2.75) is 25.7 Å². The van der Waals surface area contributed by atoms with Crippen molar-refractivity contribution in [3.05, 3.63) is 0 Å². The molecule has 0 aliphatic carbocycles. The topological polar surface area (TPSA) is 29.5 Å². The Morgan fingerprint density at radius 2 is 2.18 bits per heavy atom. The van der Waals surface area contributed by atoms with Gasteiger partial charge in [0.05, 0.1) is 11.1 Å². The number of aliphatic hydroxyl groups excluding tert-OH is 1. The van der Waals surface area contributed by atoms with Crippen LogP contribution in [0.5, 0.6) is 0 Å². The highest BCUT2D eigenvalue weighted by molar-refractivity contribution is 8.75. The molecule has 0 aromatic carbocycles. The zero-order chi connectivity index (χ0) is 9.07. The first-order valence-electron chi connectivity index (χ1n) is 4.01. The summed E-state index contributed by atoms with van der Waals surface area (Å²) in [7, 11) is 1.63. The predicted molar refractivity (Wildman–Crippen MR) is 55.7 cm³/mol. The van der Waals surface area contributed by atoms with E-state index in [1.807, 2.05) is 0 Å². The number of thiol groups is 1. The molecule has 0 amide bonds. The molecule has 0 fully saturated rings. The molecule has 0 atom stereocenters. The molecule has 11 heavy (non-hydrogen) atoms. The monoisotopic (exact) mass is 216 g/mol. The highest BCUT2D eigenvalue weighted by Gasteiger charge is 1.90. The summed E-state index contributed by atoms with van der Waals surface area (Å²) in [6, 6.07) is 0. The molecule has 0 saturated carbocycles. The number of aliphatic hydroxyl groups is 1. The van der Waals surface area contributed by atoms with Crippen LogP contribution < -0.4 is 0 Å². The number of unbranched alkanes of at least 4 members (excludes halogenated alkanes) is 3. The zero-order valence-electron chi connectivity index (χ0n) is 7.32. The van der Waals surface area contributed by atoms with E-state index in [0.29, 0.717) is 19.4 Å². The quantitative estimate of drug-likeness (QED) is 0.268. The normalized spacial score (nSPS) is 11.5. The van der Waals surface area contributed by atoms with Gasteiger partial charge in [0, 0.05) is 12.4 Å². The van der Waals surface area contributed by atoms with E-state index >= 15 is 0 Å². The maximum atomic E-state index is 8.49. The van der Waals surface area contributed by atoms with Crippen LogP contribution in [0.2, 0.25) is 0 Å². The summed E-state index contributed by atoms with van der Waals surface area (Å²) in [5.41, 5.74) is 0. The van der Waals surface area contributed by atoms with Gasteiger partial charge < -0.3 is 5.11 Å². The van der Waals surface area contributed by atoms with E-state index in [0.717, 1.165) is 25.0 Å². The Bertz CT molecular complexity index is 77.2. The van der Waals surface area contributed by atoms with Crippen LogP contribution in [0.25, 0.3) is 0 Å². The van der Waals surface area contributed by atoms with Gasteiger partial charge in [-0.15, -0.1) is 0 Å². The molecule has 0 aromatic rings. The van der Waals surface area contributed by atoms with Crippen LogP contribution in [-0.4, -0.2) is 18.6 Å². The van der Waals surface area contributed by atoms with E-state index in [4.69, 9.17) is 6.23 Å². The summed E-state index contributed by atoms with van der Waals surface area (Å²) in [6.07, 6.45) is 4.35. The lowest BCUT2D eigenvalue weighted by atomic mass is 10.2. The molecule has 0 saturated heterocycles. The average molecular weight is 216 g/mol. The largest absolute Gasteiger partial charge is 0.396 e. The molecule has 0 rings (SSSR count). The number of hydrogen-bond acceptors (Lipinski definition) is 5. The Morgan fingerprint density at radius 3 is 2.91 bits per heavy atom. The number of rotatable bonds is 9. The van der Waals surface area contributed by atoms with Gasteiger partial charge in [-0.05, 0) is 25.7 Å². The zero-order valence-corrected chi connectivity index (χ0v) is 8.77. The SMILES string of the molecule is [3H]SOSSCCCCCCO. The highest BCUT2D eigenvalue weighted by atomic mass is 33.1. The molecular weight excluding hydrogens is 200 g/mol. The fraction of sp³-hybridized carbons (Fsp3) is 1.00. The molecule has 0 unspecified atom stereocenters. The van der Waals surface area contributed by atoms with Crippen LogP contribution in [0.3, 0.4) is 0 Å². The second-order valence-corrected chi connectivity index (χ2v) is 4.54. The van der Waals surface area contributed by atoms with Crippen LogP contribution in [0, 0.1) is 0 Å². The van der Waals surface area contributed by atoms with Crippen LogP contribution in [0.15, 0.2) is 0 Å². The van der Waals surface area contributed by atoms with Crippen molar-refractivity contribution in [2.75, 3.05) is 12.4 Å². The molecule has 0 spiro atoms. The summed E-state index contributed by atoms with van der Waals surface area (Å²) in [5, 5.41) is 8.49. The molecule has 0 radical (unpaired) electrons. The summed E-state index contributed by atoms with van der Waals surface area (Å²) in [5.74, 6) is 1.05. The van der Waals surface area contributed by atoms with Gasteiger partial charge in [-0.25, -0.2) is 3.63 Å². The molecule has 68 valence electrons. The minimum atomic E-state index is 0.306. The molecule has 0 aliphatic heterocycles. The summed E-state index contributed by atoms with van der Waals surface area (Å²) < 4.78 is 11.3. The van der Waals surface area contributed by atoms with E-state index < -0.39 is 0 Å². The van der Waals surface area contributed by atoms with Crippen molar-refractivity contribution in [3.8, 4) is 0 Å². The lowest BCUT2D eigenvalue weighted by Gasteiger charge is -1.97. The third kappa shape index (κ3) is 11.0. The fourth-order valence-corrected chi connectivity index (χ4v) is 2.14. The van der Waals surface area contributed by atoms with Crippen molar-refractivity contribution < 1.29 is 8.74 Å². The molecule has 2 nitrogen and oxygen atoms in total. The summed E-state index contributed by atoms with van der Waals surface area (Å²) >= 11 is 1.89. The fourth-order valence-electron chi connectivity index (χ4n) is 0.680. The van der Waals surface area contributed by atoms with E-state index in [9.17, 15) is 0 Å². The molecule has 0 aromatic heterocycles. The van der Waals surface area contributed by atoms with E-state index in [1.54, 1.807) is 10.8 Å². The first-order chi connectivity index (χ1) is 5.91. The second kappa shape index (κ2) is 11.0. The van der Waals surface area contributed by atoms with Crippen molar-refractivity contribution >= 4 is 34.7 Å². The van der Waals surface area contributed by atoms with Gasteiger partial charge in [0.25, 0.3) is 0 Å². The van der Waals surface area contributed by atoms with E-state index in [-0.39, 0.29) is 0 Å². The molecule has 0 aliphatic rings. The average Bonchev–Trinajstić information content (AvgIpc) is 2.10. The lowest BCUT2D eigenvalue weighted by Crippen LogP contribution is -1.84. The minimum absolute atomic E-state index is 0.306. The van der Waals surface area contributed by atoms with Gasteiger partial charge >= 0.3 is 0 Å². The Balaban J connectivity index is 2.73. The smallest absolute Gasteiger partial charge is 0.136 e. The van der Waals surface area contributed by atoms with Crippen molar-refractivity contribution in [3.63, 3.8) is 0 Å². The van der Waals surface area contributed by atoms with Gasteiger partial charge in [-0.3, -0.25) is 0 Å². The van der Waals surface area contributed by atoms with E-state index in [2.05, 4.69) is 3.63 Å². The Hall–Kier alpha value is 0.970. The van der Waals surface area contributed by atoms with Crippen molar-refractivity contribution in [2.24, 2.45) is 0 Å². The second-order valence-electron chi connectivity index (χ2n) is 2.10. The molecule has 1 N–H and O–H groups in total.